The Morgan fingerprint density at radius 3 is 2.87 bits per heavy atom. The third kappa shape index (κ3) is 3.06. The van der Waals surface area contributed by atoms with Gasteiger partial charge in [0, 0.05) is 22.4 Å². The minimum absolute atomic E-state index is 0.546. The summed E-state index contributed by atoms with van der Waals surface area (Å²) in [5.41, 5.74) is 1.07. The van der Waals surface area contributed by atoms with Crippen molar-refractivity contribution in [1.29, 1.82) is 0 Å². The van der Waals surface area contributed by atoms with Crippen LogP contribution in [-0.2, 0) is 6.61 Å². The number of benzene rings is 1. The maximum atomic E-state index is 5.60. The van der Waals surface area contributed by atoms with Crippen LogP contribution in [0.2, 0.25) is 0 Å². The summed E-state index contributed by atoms with van der Waals surface area (Å²) in [5.74, 6) is 0.855. The van der Waals surface area contributed by atoms with E-state index in [0.29, 0.717) is 6.61 Å². The zero-order chi connectivity index (χ0) is 10.5. The van der Waals surface area contributed by atoms with E-state index in [1.54, 1.807) is 12.4 Å². The standard InChI is InChI=1S/C12H10BrNO/c13-11-4-1-5-12(7-11)15-9-10-3-2-6-14-8-10/h1-8H,9H2. The molecule has 0 fully saturated rings. The zero-order valence-electron chi connectivity index (χ0n) is 8.06. The topological polar surface area (TPSA) is 22.1 Å². The first kappa shape index (κ1) is 10.2. The Kier molecular flexibility index (Phi) is 3.35. The lowest BCUT2D eigenvalue weighted by Gasteiger charge is -2.05. The quantitative estimate of drug-likeness (QED) is 0.847. The lowest BCUT2D eigenvalue weighted by Crippen LogP contribution is -1.95. The lowest BCUT2D eigenvalue weighted by molar-refractivity contribution is 0.305. The van der Waals surface area contributed by atoms with Gasteiger partial charge in [0.1, 0.15) is 12.4 Å². The van der Waals surface area contributed by atoms with E-state index >= 15 is 0 Å². The van der Waals surface area contributed by atoms with Crippen molar-refractivity contribution in [3.05, 3.63) is 58.8 Å². The van der Waals surface area contributed by atoms with Crippen molar-refractivity contribution < 1.29 is 4.74 Å². The largest absolute Gasteiger partial charge is 0.489 e. The first-order valence-electron chi connectivity index (χ1n) is 4.62. The van der Waals surface area contributed by atoms with Gasteiger partial charge in [-0.15, -0.1) is 0 Å². The van der Waals surface area contributed by atoms with Gasteiger partial charge in [-0.25, -0.2) is 0 Å². The van der Waals surface area contributed by atoms with Crippen molar-refractivity contribution in [3.63, 3.8) is 0 Å². The number of hydrogen-bond acceptors (Lipinski definition) is 2. The molecule has 0 unspecified atom stereocenters. The Balaban J connectivity index is 1.99. The maximum absolute atomic E-state index is 5.60. The Bertz CT molecular complexity index is 431. The number of halogens is 1. The predicted molar refractivity (Wildman–Crippen MR) is 62.7 cm³/mol. The van der Waals surface area contributed by atoms with Gasteiger partial charge < -0.3 is 4.74 Å². The van der Waals surface area contributed by atoms with Crippen LogP contribution < -0.4 is 4.74 Å². The Hall–Kier alpha value is -1.35. The lowest BCUT2D eigenvalue weighted by atomic mass is 10.3. The molecule has 1 aromatic carbocycles. The van der Waals surface area contributed by atoms with Crippen LogP contribution in [0.25, 0.3) is 0 Å². The van der Waals surface area contributed by atoms with Gasteiger partial charge in [0.2, 0.25) is 0 Å². The molecule has 0 saturated heterocycles. The van der Waals surface area contributed by atoms with Crippen LogP contribution in [0.4, 0.5) is 0 Å². The Morgan fingerprint density at radius 2 is 2.13 bits per heavy atom. The molecule has 0 N–H and O–H groups in total. The molecular formula is C12H10BrNO. The summed E-state index contributed by atoms with van der Waals surface area (Å²) in [7, 11) is 0. The molecule has 0 aliphatic heterocycles. The molecule has 2 aromatic rings. The summed E-state index contributed by atoms with van der Waals surface area (Å²) >= 11 is 3.40. The fraction of sp³-hybridized carbons (Fsp3) is 0.0833. The number of nitrogens with zero attached hydrogens (tertiary/aromatic N) is 1. The molecule has 0 spiro atoms. The predicted octanol–water partition coefficient (Wildman–Crippen LogP) is 3.42. The third-order valence-corrected chi connectivity index (χ3v) is 2.42. The van der Waals surface area contributed by atoms with Gasteiger partial charge in [-0.2, -0.15) is 0 Å². The fourth-order valence-electron chi connectivity index (χ4n) is 1.21. The van der Waals surface area contributed by atoms with E-state index in [-0.39, 0.29) is 0 Å². The summed E-state index contributed by atoms with van der Waals surface area (Å²) in [6, 6.07) is 11.7. The average Bonchev–Trinajstić information content (AvgIpc) is 2.28. The van der Waals surface area contributed by atoms with E-state index in [1.807, 2.05) is 36.4 Å². The second-order valence-corrected chi connectivity index (χ2v) is 4.02. The molecule has 0 aliphatic carbocycles. The first-order valence-corrected chi connectivity index (χ1v) is 5.41. The third-order valence-electron chi connectivity index (χ3n) is 1.92. The molecule has 0 atom stereocenters. The van der Waals surface area contributed by atoms with Crippen molar-refractivity contribution in [2.45, 2.75) is 6.61 Å². The van der Waals surface area contributed by atoms with Crippen LogP contribution in [0.15, 0.2) is 53.3 Å². The summed E-state index contributed by atoms with van der Waals surface area (Å²) in [6.07, 6.45) is 3.56. The molecule has 1 heterocycles. The highest BCUT2D eigenvalue weighted by molar-refractivity contribution is 9.10. The van der Waals surface area contributed by atoms with Gasteiger partial charge in [0.25, 0.3) is 0 Å². The molecule has 2 nitrogen and oxygen atoms in total. The minimum Gasteiger partial charge on any atom is -0.489 e. The van der Waals surface area contributed by atoms with Gasteiger partial charge in [-0.3, -0.25) is 4.98 Å². The first-order chi connectivity index (χ1) is 7.34. The van der Waals surface area contributed by atoms with Gasteiger partial charge >= 0.3 is 0 Å². The number of aromatic nitrogens is 1. The summed E-state index contributed by atoms with van der Waals surface area (Å²) < 4.78 is 6.62. The van der Waals surface area contributed by atoms with Crippen LogP contribution in [0, 0.1) is 0 Å². The van der Waals surface area contributed by atoms with E-state index in [0.717, 1.165) is 15.8 Å². The van der Waals surface area contributed by atoms with Crippen LogP contribution in [0.5, 0.6) is 5.75 Å². The van der Waals surface area contributed by atoms with Crippen molar-refractivity contribution in [2.24, 2.45) is 0 Å². The molecule has 3 heteroatoms. The highest BCUT2D eigenvalue weighted by Gasteiger charge is 1.95. The molecule has 0 radical (unpaired) electrons. The smallest absolute Gasteiger partial charge is 0.120 e. The Morgan fingerprint density at radius 1 is 1.20 bits per heavy atom. The maximum Gasteiger partial charge on any atom is 0.120 e. The number of hydrogen-bond donors (Lipinski definition) is 0. The normalized spacial score (nSPS) is 9.93. The zero-order valence-corrected chi connectivity index (χ0v) is 9.65. The van der Waals surface area contributed by atoms with Gasteiger partial charge in [0.05, 0.1) is 0 Å². The molecule has 0 aliphatic rings. The monoisotopic (exact) mass is 263 g/mol. The van der Waals surface area contributed by atoms with E-state index in [9.17, 15) is 0 Å². The van der Waals surface area contributed by atoms with Crippen molar-refractivity contribution >= 4 is 15.9 Å². The van der Waals surface area contributed by atoms with Crippen LogP contribution in [0.1, 0.15) is 5.56 Å². The molecule has 76 valence electrons. The summed E-state index contributed by atoms with van der Waals surface area (Å²) in [4.78, 5) is 4.03. The molecule has 1 aromatic heterocycles. The van der Waals surface area contributed by atoms with Crippen LogP contribution in [0.3, 0.4) is 0 Å². The molecule has 0 saturated carbocycles. The highest BCUT2D eigenvalue weighted by Crippen LogP contribution is 2.18. The molecule has 2 rings (SSSR count). The Labute approximate surface area is 97.1 Å². The van der Waals surface area contributed by atoms with E-state index in [1.165, 1.54) is 0 Å². The minimum atomic E-state index is 0.546. The van der Waals surface area contributed by atoms with Crippen molar-refractivity contribution in [1.82, 2.24) is 4.98 Å². The van der Waals surface area contributed by atoms with Gasteiger partial charge in [-0.05, 0) is 24.3 Å². The summed E-state index contributed by atoms with van der Waals surface area (Å²) in [5, 5.41) is 0. The van der Waals surface area contributed by atoms with Gasteiger partial charge in [-0.1, -0.05) is 28.1 Å². The molecule has 0 bridgehead atoms. The molecular weight excluding hydrogens is 254 g/mol. The van der Waals surface area contributed by atoms with Crippen molar-refractivity contribution in [2.75, 3.05) is 0 Å². The molecule has 0 amide bonds. The SMILES string of the molecule is Brc1cccc(OCc2cccnc2)c1. The fourth-order valence-corrected chi connectivity index (χ4v) is 1.59. The van der Waals surface area contributed by atoms with E-state index < -0.39 is 0 Å². The second kappa shape index (κ2) is 4.94. The van der Waals surface area contributed by atoms with Crippen molar-refractivity contribution in [3.8, 4) is 5.75 Å². The summed E-state index contributed by atoms with van der Waals surface area (Å²) in [6.45, 7) is 0.546. The number of rotatable bonds is 3. The highest BCUT2D eigenvalue weighted by atomic mass is 79.9. The van der Waals surface area contributed by atoms with Crippen LogP contribution >= 0.6 is 15.9 Å². The average molecular weight is 264 g/mol. The second-order valence-electron chi connectivity index (χ2n) is 3.11. The molecule has 15 heavy (non-hydrogen) atoms. The van der Waals surface area contributed by atoms with E-state index in [2.05, 4.69) is 20.9 Å². The van der Waals surface area contributed by atoms with E-state index in [4.69, 9.17) is 4.74 Å². The number of ether oxygens (including phenoxy) is 1. The number of pyridine rings is 1. The van der Waals surface area contributed by atoms with Gasteiger partial charge in [0.15, 0.2) is 0 Å². The van der Waals surface area contributed by atoms with Crippen LogP contribution in [-0.4, -0.2) is 4.98 Å².